The zero-order chi connectivity index (χ0) is 23.7. The minimum absolute atomic E-state index is 0.257. The van der Waals surface area contributed by atoms with Crippen molar-refractivity contribution in [1.29, 1.82) is 0 Å². The average Bonchev–Trinajstić information content (AvgIpc) is 3.46. The van der Waals surface area contributed by atoms with E-state index < -0.39 is 5.60 Å². The van der Waals surface area contributed by atoms with E-state index >= 15 is 0 Å². The molecule has 0 aliphatic carbocycles. The van der Waals surface area contributed by atoms with Gasteiger partial charge in [-0.2, -0.15) is 0 Å². The molecule has 1 amide bonds. The van der Waals surface area contributed by atoms with Crippen molar-refractivity contribution in [3.63, 3.8) is 0 Å². The fourth-order valence-corrected chi connectivity index (χ4v) is 4.31. The monoisotopic (exact) mass is 451 g/mol. The standard InChI is InChI=1S/C27H25N5O2/c1-3-32-23-16-19(25(33)30-24-17-31(2)18-28-24)14-15-22(23)29-26(32)27(34,20-10-6-4-7-11-20)21-12-8-5-9-13-21/h4-18,34H,3H2,1-2H3,(H,30,33). The smallest absolute Gasteiger partial charge is 0.256 e. The lowest BCUT2D eigenvalue weighted by molar-refractivity contribution is 0.102. The first-order chi connectivity index (χ1) is 16.5. The van der Waals surface area contributed by atoms with Crippen LogP contribution < -0.4 is 5.32 Å². The Hall–Kier alpha value is -4.23. The second-order valence-corrected chi connectivity index (χ2v) is 8.20. The van der Waals surface area contributed by atoms with Crippen LogP contribution in [0.1, 0.15) is 34.2 Å². The normalized spacial score (nSPS) is 11.6. The van der Waals surface area contributed by atoms with E-state index in [1.165, 1.54) is 0 Å². The third kappa shape index (κ3) is 3.66. The van der Waals surface area contributed by atoms with E-state index in [9.17, 15) is 9.90 Å². The van der Waals surface area contributed by atoms with Crippen molar-refractivity contribution in [2.45, 2.75) is 19.1 Å². The van der Waals surface area contributed by atoms with Crippen LogP contribution in [-0.2, 0) is 19.2 Å². The number of amides is 1. The Morgan fingerprint density at radius 2 is 1.65 bits per heavy atom. The summed E-state index contributed by atoms with van der Waals surface area (Å²) in [5.74, 6) is 0.733. The van der Waals surface area contributed by atoms with E-state index in [1.54, 1.807) is 23.2 Å². The number of aliphatic hydroxyl groups is 1. The van der Waals surface area contributed by atoms with Gasteiger partial charge >= 0.3 is 0 Å². The second kappa shape index (κ2) is 8.61. The Labute approximate surface area is 197 Å². The lowest BCUT2D eigenvalue weighted by Gasteiger charge is -2.29. The molecule has 0 bridgehead atoms. The van der Waals surface area contributed by atoms with Crippen LogP contribution in [-0.4, -0.2) is 30.1 Å². The Bertz CT molecular complexity index is 1420. The highest BCUT2D eigenvalue weighted by molar-refractivity contribution is 6.05. The largest absolute Gasteiger partial charge is 0.373 e. The number of nitrogens with zero attached hydrogens (tertiary/aromatic N) is 4. The van der Waals surface area contributed by atoms with Crippen molar-refractivity contribution in [1.82, 2.24) is 19.1 Å². The van der Waals surface area contributed by atoms with Gasteiger partial charge in [0.15, 0.2) is 17.2 Å². The fourth-order valence-electron chi connectivity index (χ4n) is 4.31. The number of carbonyl (C=O) groups is 1. The van der Waals surface area contributed by atoms with Gasteiger partial charge in [0.05, 0.1) is 17.4 Å². The molecule has 0 radical (unpaired) electrons. The molecule has 0 saturated carbocycles. The fraction of sp³-hybridized carbons (Fsp3) is 0.148. The van der Waals surface area contributed by atoms with Crippen LogP contribution in [0.3, 0.4) is 0 Å². The summed E-state index contributed by atoms with van der Waals surface area (Å²) in [6.45, 7) is 2.57. The molecular formula is C27H25N5O2. The SMILES string of the molecule is CCn1c(C(O)(c2ccccc2)c2ccccc2)nc2ccc(C(=O)Nc3cn(C)cn3)cc21. The molecule has 0 fully saturated rings. The Balaban J connectivity index is 1.65. The molecule has 2 aromatic heterocycles. The number of carbonyl (C=O) groups excluding carboxylic acids is 1. The molecule has 0 atom stereocenters. The quantitative estimate of drug-likeness (QED) is 0.403. The highest BCUT2D eigenvalue weighted by atomic mass is 16.3. The van der Waals surface area contributed by atoms with Crippen molar-refractivity contribution >= 4 is 22.8 Å². The number of fused-ring (bicyclic) bond motifs is 1. The van der Waals surface area contributed by atoms with Gasteiger partial charge in [-0.15, -0.1) is 0 Å². The molecule has 2 N–H and O–H groups in total. The van der Waals surface area contributed by atoms with E-state index in [0.717, 1.165) is 16.6 Å². The van der Waals surface area contributed by atoms with Gasteiger partial charge in [0, 0.05) is 25.4 Å². The van der Waals surface area contributed by atoms with Crippen LogP contribution in [0.2, 0.25) is 0 Å². The predicted molar refractivity (Wildman–Crippen MR) is 132 cm³/mol. The molecule has 5 aromatic rings. The minimum atomic E-state index is -1.46. The first kappa shape index (κ1) is 21.6. The van der Waals surface area contributed by atoms with Gasteiger partial charge in [0.2, 0.25) is 0 Å². The van der Waals surface area contributed by atoms with E-state index in [2.05, 4.69) is 10.3 Å². The number of imidazole rings is 2. The Kier molecular flexibility index (Phi) is 5.47. The van der Waals surface area contributed by atoms with Gasteiger partial charge < -0.3 is 19.6 Å². The molecule has 0 unspecified atom stereocenters. The summed E-state index contributed by atoms with van der Waals surface area (Å²) in [6.07, 6.45) is 3.37. The predicted octanol–water partition coefficient (Wildman–Crippen LogP) is 4.33. The molecule has 170 valence electrons. The molecule has 0 aliphatic heterocycles. The van der Waals surface area contributed by atoms with Crippen molar-refractivity contribution < 1.29 is 9.90 Å². The number of hydrogen-bond acceptors (Lipinski definition) is 4. The van der Waals surface area contributed by atoms with Gasteiger partial charge in [-0.05, 0) is 36.2 Å². The summed E-state index contributed by atoms with van der Waals surface area (Å²) >= 11 is 0. The highest BCUT2D eigenvalue weighted by Gasteiger charge is 2.38. The molecule has 34 heavy (non-hydrogen) atoms. The molecule has 0 saturated heterocycles. The van der Waals surface area contributed by atoms with Crippen LogP contribution in [0, 0.1) is 0 Å². The number of anilines is 1. The molecule has 7 nitrogen and oxygen atoms in total. The van der Waals surface area contributed by atoms with Crippen molar-refractivity contribution in [3.8, 4) is 0 Å². The molecule has 5 rings (SSSR count). The summed E-state index contributed by atoms with van der Waals surface area (Å²) < 4.78 is 3.73. The first-order valence-corrected chi connectivity index (χ1v) is 11.1. The molecule has 0 spiro atoms. The van der Waals surface area contributed by atoms with Gasteiger partial charge in [-0.25, -0.2) is 9.97 Å². The number of aryl methyl sites for hydroxylation is 2. The van der Waals surface area contributed by atoms with Crippen molar-refractivity contribution in [3.05, 3.63) is 114 Å². The Morgan fingerprint density at radius 3 is 2.21 bits per heavy atom. The van der Waals surface area contributed by atoms with E-state index in [0.29, 0.717) is 29.3 Å². The van der Waals surface area contributed by atoms with Gasteiger partial charge in [0.1, 0.15) is 0 Å². The first-order valence-electron chi connectivity index (χ1n) is 11.1. The zero-order valence-electron chi connectivity index (χ0n) is 19.0. The van der Waals surface area contributed by atoms with Crippen LogP contribution >= 0.6 is 0 Å². The zero-order valence-corrected chi connectivity index (χ0v) is 19.0. The maximum Gasteiger partial charge on any atom is 0.256 e. The van der Waals surface area contributed by atoms with Crippen LogP contribution in [0.5, 0.6) is 0 Å². The highest BCUT2D eigenvalue weighted by Crippen LogP contribution is 2.37. The summed E-state index contributed by atoms with van der Waals surface area (Å²) in [4.78, 5) is 21.9. The van der Waals surface area contributed by atoms with E-state index in [-0.39, 0.29) is 5.91 Å². The maximum atomic E-state index is 12.9. The average molecular weight is 452 g/mol. The molecule has 3 aromatic carbocycles. The summed E-state index contributed by atoms with van der Waals surface area (Å²) in [6, 6.07) is 24.4. The molecule has 0 aliphatic rings. The maximum absolute atomic E-state index is 12.9. The van der Waals surface area contributed by atoms with Gasteiger partial charge in [-0.1, -0.05) is 60.7 Å². The molecular weight excluding hydrogens is 426 g/mol. The third-order valence-corrected chi connectivity index (χ3v) is 5.98. The van der Waals surface area contributed by atoms with Crippen LogP contribution in [0.25, 0.3) is 11.0 Å². The third-order valence-electron chi connectivity index (χ3n) is 5.98. The van der Waals surface area contributed by atoms with Crippen LogP contribution in [0.15, 0.2) is 91.4 Å². The van der Waals surface area contributed by atoms with Gasteiger partial charge in [0.25, 0.3) is 5.91 Å². The number of nitrogens with one attached hydrogen (secondary N) is 1. The summed E-state index contributed by atoms with van der Waals surface area (Å²) in [5.41, 5.74) is 1.95. The van der Waals surface area contributed by atoms with Crippen molar-refractivity contribution in [2.75, 3.05) is 5.32 Å². The molecule has 2 heterocycles. The number of hydrogen-bond donors (Lipinski definition) is 2. The summed E-state index contributed by atoms with van der Waals surface area (Å²) in [5, 5.41) is 15.1. The summed E-state index contributed by atoms with van der Waals surface area (Å²) in [7, 11) is 1.84. The van der Waals surface area contributed by atoms with E-state index in [4.69, 9.17) is 4.98 Å². The van der Waals surface area contributed by atoms with Crippen LogP contribution in [0.4, 0.5) is 5.82 Å². The van der Waals surface area contributed by atoms with E-state index in [1.807, 2.05) is 91.3 Å². The Morgan fingerprint density at radius 1 is 1.00 bits per heavy atom. The lowest BCUT2D eigenvalue weighted by Crippen LogP contribution is -2.32. The topological polar surface area (TPSA) is 85.0 Å². The number of benzene rings is 3. The lowest BCUT2D eigenvalue weighted by atomic mass is 9.85. The number of aromatic nitrogens is 4. The number of rotatable bonds is 6. The van der Waals surface area contributed by atoms with Gasteiger partial charge in [-0.3, -0.25) is 4.79 Å². The molecule has 7 heteroatoms. The van der Waals surface area contributed by atoms with Crippen molar-refractivity contribution in [2.24, 2.45) is 7.05 Å². The minimum Gasteiger partial charge on any atom is -0.373 e. The second-order valence-electron chi connectivity index (χ2n) is 8.20.